The molecule has 2 unspecified atom stereocenters. The van der Waals surface area contributed by atoms with Crippen LogP contribution >= 0.6 is 0 Å². The van der Waals surface area contributed by atoms with Crippen LogP contribution in [0.25, 0.3) is 0 Å². The third-order valence-electron chi connectivity index (χ3n) is 2.67. The number of aliphatic hydroxyl groups is 1. The fraction of sp³-hybridized carbons (Fsp3) is 0.889. The van der Waals surface area contributed by atoms with Crippen molar-refractivity contribution in [3.63, 3.8) is 0 Å². The van der Waals surface area contributed by atoms with Crippen LogP contribution in [-0.4, -0.2) is 66.7 Å². The van der Waals surface area contributed by atoms with Crippen LogP contribution in [0.5, 0.6) is 0 Å². The molecule has 0 bridgehead atoms. The summed E-state index contributed by atoms with van der Waals surface area (Å²) < 4.78 is 5.23. The molecule has 2 atom stereocenters. The molecular weight excluding hydrogens is 200 g/mol. The standard InChI is InChI=1S/C9H18N2O4/c1-15-8-6-11(4-5-12)3-2-7(8)10-9(13)14/h7-8,10,12H,2-6H2,1H3,(H,13,14). The summed E-state index contributed by atoms with van der Waals surface area (Å²) in [6, 6.07) is -0.151. The maximum atomic E-state index is 10.5. The van der Waals surface area contributed by atoms with Gasteiger partial charge < -0.3 is 20.3 Å². The topological polar surface area (TPSA) is 82.0 Å². The number of carbonyl (C=O) groups is 1. The van der Waals surface area contributed by atoms with Crippen molar-refractivity contribution in [3.05, 3.63) is 0 Å². The lowest BCUT2D eigenvalue weighted by atomic mass is 10.0. The van der Waals surface area contributed by atoms with Crippen molar-refractivity contribution < 1.29 is 19.7 Å². The van der Waals surface area contributed by atoms with Gasteiger partial charge in [-0.3, -0.25) is 4.90 Å². The Bertz CT molecular complexity index is 212. The average molecular weight is 218 g/mol. The molecule has 1 aliphatic heterocycles. The predicted molar refractivity (Wildman–Crippen MR) is 53.9 cm³/mol. The van der Waals surface area contributed by atoms with Gasteiger partial charge in [0.1, 0.15) is 0 Å². The summed E-state index contributed by atoms with van der Waals surface area (Å²) in [5.41, 5.74) is 0. The van der Waals surface area contributed by atoms with Crippen LogP contribution in [0.1, 0.15) is 6.42 Å². The number of aliphatic hydroxyl groups excluding tert-OH is 1. The largest absolute Gasteiger partial charge is 0.465 e. The molecule has 0 aromatic rings. The minimum Gasteiger partial charge on any atom is -0.465 e. The first-order valence-corrected chi connectivity index (χ1v) is 5.03. The van der Waals surface area contributed by atoms with E-state index in [9.17, 15) is 4.79 Å². The van der Waals surface area contributed by atoms with Crippen LogP contribution in [0.4, 0.5) is 4.79 Å². The molecule has 1 amide bonds. The fourth-order valence-electron chi connectivity index (χ4n) is 1.89. The summed E-state index contributed by atoms with van der Waals surface area (Å²) in [7, 11) is 1.57. The Morgan fingerprint density at radius 2 is 2.40 bits per heavy atom. The highest BCUT2D eigenvalue weighted by molar-refractivity contribution is 5.64. The lowest BCUT2D eigenvalue weighted by Gasteiger charge is -2.37. The highest BCUT2D eigenvalue weighted by atomic mass is 16.5. The van der Waals surface area contributed by atoms with E-state index in [4.69, 9.17) is 14.9 Å². The second kappa shape index (κ2) is 5.89. The number of hydrogen-bond acceptors (Lipinski definition) is 4. The Balaban J connectivity index is 2.45. The van der Waals surface area contributed by atoms with E-state index in [-0.39, 0.29) is 18.8 Å². The first-order chi connectivity index (χ1) is 7.17. The van der Waals surface area contributed by atoms with Crippen molar-refractivity contribution in [2.45, 2.75) is 18.6 Å². The first-order valence-electron chi connectivity index (χ1n) is 5.03. The first kappa shape index (κ1) is 12.2. The number of methoxy groups -OCH3 is 1. The van der Waals surface area contributed by atoms with Crippen molar-refractivity contribution in [1.82, 2.24) is 10.2 Å². The molecule has 6 heteroatoms. The minimum atomic E-state index is -1.02. The number of piperidine rings is 1. The summed E-state index contributed by atoms with van der Waals surface area (Å²) in [6.45, 7) is 2.17. The van der Waals surface area contributed by atoms with Crippen molar-refractivity contribution in [1.29, 1.82) is 0 Å². The van der Waals surface area contributed by atoms with E-state index < -0.39 is 6.09 Å². The summed E-state index contributed by atoms with van der Waals surface area (Å²) in [6.07, 6.45) is -0.441. The van der Waals surface area contributed by atoms with Gasteiger partial charge in [-0.15, -0.1) is 0 Å². The molecule has 1 aliphatic rings. The fourth-order valence-corrected chi connectivity index (χ4v) is 1.89. The molecule has 6 nitrogen and oxygen atoms in total. The van der Waals surface area contributed by atoms with Crippen LogP contribution in [0.2, 0.25) is 0 Å². The third kappa shape index (κ3) is 3.65. The van der Waals surface area contributed by atoms with Gasteiger partial charge in [0.05, 0.1) is 18.8 Å². The van der Waals surface area contributed by atoms with Crippen molar-refractivity contribution in [2.75, 3.05) is 33.4 Å². The van der Waals surface area contributed by atoms with E-state index in [1.54, 1.807) is 7.11 Å². The van der Waals surface area contributed by atoms with Gasteiger partial charge in [0.2, 0.25) is 0 Å². The Hall–Kier alpha value is -0.850. The monoisotopic (exact) mass is 218 g/mol. The van der Waals surface area contributed by atoms with E-state index in [0.717, 1.165) is 6.54 Å². The second-order valence-electron chi connectivity index (χ2n) is 3.64. The molecule has 0 radical (unpaired) electrons. The van der Waals surface area contributed by atoms with Gasteiger partial charge in [0.25, 0.3) is 0 Å². The van der Waals surface area contributed by atoms with E-state index in [0.29, 0.717) is 19.5 Å². The zero-order valence-electron chi connectivity index (χ0n) is 8.85. The number of likely N-dealkylation sites (tertiary alicyclic amines) is 1. The smallest absolute Gasteiger partial charge is 0.404 e. The molecule has 15 heavy (non-hydrogen) atoms. The summed E-state index contributed by atoms with van der Waals surface area (Å²) in [5.74, 6) is 0. The third-order valence-corrected chi connectivity index (χ3v) is 2.67. The van der Waals surface area contributed by atoms with Gasteiger partial charge in [0, 0.05) is 26.7 Å². The molecule has 1 rings (SSSR count). The number of hydrogen-bond donors (Lipinski definition) is 3. The van der Waals surface area contributed by atoms with Crippen LogP contribution in [0, 0.1) is 0 Å². The average Bonchev–Trinajstić information content (AvgIpc) is 2.20. The number of amides is 1. The van der Waals surface area contributed by atoms with E-state index >= 15 is 0 Å². The van der Waals surface area contributed by atoms with E-state index in [2.05, 4.69) is 10.2 Å². The molecule has 0 saturated carbocycles. The zero-order valence-corrected chi connectivity index (χ0v) is 8.85. The highest BCUT2D eigenvalue weighted by Gasteiger charge is 2.29. The van der Waals surface area contributed by atoms with Crippen molar-refractivity contribution >= 4 is 6.09 Å². The molecular formula is C9H18N2O4. The van der Waals surface area contributed by atoms with Crippen LogP contribution in [0.15, 0.2) is 0 Å². The van der Waals surface area contributed by atoms with Gasteiger partial charge >= 0.3 is 6.09 Å². The lowest BCUT2D eigenvalue weighted by molar-refractivity contribution is 0.00273. The van der Waals surface area contributed by atoms with E-state index in [1.165, 1.54) is 0 Å². The number of ether oxygens (including phenoxy) is 1. The molecule has 1 fully saturated rings. The zero-order chi connectivity index (χ0) is 11.3. The van der Waals surface area contributed by atoms with Gasteiger partial charge in [-0.25, -0.2) is 4.79 Å². The Labute approximate surface area is 88.8 Å². The van der Waals surface area contributed by atoms with Crippen LogP contribution in [-0.2, 0) is 4.74 Å². The number of nitrogens with one attached hydrogen (secondary N) is 1. The Kier molecular flexibility index (Phi) is 4.80. The molecule has 0 spiro atoms. The quantitative estimate of drug-likeness (QED) is 0.583. The van der Waals surface area contributed by atoms with Crippen molar-refractivity contribution in [2.24, 2.45) is 0 Å². The van der Waals surface area contributed by atoms with Gasteiger partial charge in [-0.2, -0.15) is 0 Å². The summed E-state index contributed by atoms with van der Waals surface area (Å²) in [5, 5.41) is 19.9. The highest BCUT2D eigenvalue weighted by Crippen LogP contribution is 2.13. The summed E-state index contributed by atoms with van der Waals surface area (Å²) in [4.78, 5) is 12.6. The predicted octanol–water partition coefficient (Wildman–Crippen LogP) is -0.664. The van der Waals surface area contributed by atoms with Gasteiger partial charge in [0.15, 0.2) is 0 Å². The SMILES string of the molecule is COC1CN(CCO)CCC1NC(=O)O. The van der Waals surface area contributed by atoms with Crippen molar-refractivity contribution in [3.8, 4) is 0 Å². The number of β-amino-alcohol motifs (C(OH)–C–C–N with tert-alkyl or cyclic N) is 1. The Morgan fingerprint density at radius 3 is 2.93 bits per heavy atom. The van der Waals surface area contributed by atoms with Crippen LogP contribution in [0.3, 0.4) is 0 Å². The number of nitrogens with zero attached hydrogens (tertiary/aromatic N) is 1. The van der Waals surface area contributed by atoms with Crippen LogP contribution < -0.4 is 5.32 Å². The summed E-state index contributed by atoms with van der Waals surface area (Å²) >= 11 is 0. The molecule has 0 aromatic heterocycles. The maximum absolute atomic E-state index is 10.5. The molecule has 1 heterocycles. The Morgan fingerprint density at radius 1 is 1.67 bits per heavy atom. The minimum absolute atomic E-state index is 0.119. The molecule has 0 aliphatic carbocycles. The molecule has 1 saturated heterocycles. The number of rotatable bonds is 4. The molecule has 0 aromatic carbocycles. The second-order valence-corrected chi connectivity index (χ2v) is 3.64. The lowest BCUT2D eigenvalue weighted by Crippen LogP contribution is -2.54. The van der Waals surface area contributed by atoms with Gasteiger partial charge in [-0.05, 0) is 6.42 Å². The van der Waals surface area contributed by atoms with E-state index in [1.807, 2.05) is 0 Å². The normalized spacial score (nSPS) is 27.6. The number of carboxylic acid groups (broad SMARTS) is 1. The molecule has 88 valence electrons. The molecule has 3 N–H and O–H groups in total. The van der Waals surface area contributed by atoms with Gasteiger partial charge in [-0.1, -0.05) is 0 Å². The maximum Gasteiger partial charge on any atom is 0.404 e.